The highest BCUT2D eigenvalue weighted by Crippen LogP contribution is 2.26. The van der Waals surface area contributed by atoms with Crippen LogP contribution in [0.25, 0.3) is 17.3 Å². The molecule has 0 saturated heterocycles. The lowest BCUT2D eigenvalue weighted by molar-refractivity contribution is 0.429. The molecule has 2 aromatic rings. The van der Waals surface area contributed by atoms with Crippen LogP contribution in [0.5, 0.6) is 0 Å². The monoisotopic (exact) mass is 270 g/mol. The topological polar surface area (TPSA) is 25.8 Å². The van der Waals surface area contributed by atoms with E-state index in [1.807, 2.05) is 0 Å². The lowest BCUT2D eigenvalue weighted by atomic mass is 10.1. The number of rotatable bonds is 2. The maximum absolute atomic E-state index is 12.9. The Hall–Kier alpha value is -1.88. The zero-order valence-corrected chi connectivity index (χ0v) is 9.63. The smallest absolute Gasteiger partial charge is 0.253 e. The average Bonchev–Trinajstić information content (AvgIpc) is 2.30. The quantitative estimate of drug-likeness (QED) is 0.818. The molecule has 0 bridgehead atoms. The van der Waals surface area contributed by atoms with Crippen molar-refractivity contribution in [1.82, 2.24) is 9.97 Å². The van der Waals surface area contributed by atoms with Crippen LogP contribution in [-0.2, 0) is 0 Å². The lowest BCUT2D eigenvalue weighted by Gasteiger charge is -2.03. The molecule has 0 amide bonds. The van der Waals surface area contributed by atoms with Crippen LogP contribution in [0.15, 0.2) is 36.7 Å². The van der Waals surface area contributed by atoms with E-state index in [1.165, 1.54) is 24.5 Å². The number of halogens is 4. The molecule has 1 heterocycles. The van der Waals surface area contributed by atoms with Crippen molar-refractivity contribution >= 4 is 17.7 Å². The van der Waals surface area contributed by atoms with Crippen LogP contribution in [-0.4, -0.2) is 9.97 Å². The second-order valence-corrected chi connectivity index (χ2v) is 3.79. The molecule has 0 unspecified atom stereocenters. The molecular formula is C12H6ClF3N2. The first kappa shape index (κ1) is 12.6. The van der Waals surface area contributed by atoms with Gasteiger partial charge in [-0.1, -0.05) is 11.6 Å². The Balaban J connectivity index is 2.37. The van der Waals surface area contributed by atoms with Crippen LogP contribution < -0.4 is 0 Å². The first-order valence-corrected chi connectivity index (χ1v) is 5.24. The Morgan fingerprint density at radius 2 is 1.94 bits per heavy atom. The van der Waals surface area contributed by atoms with Crippen molar-refractivity contribution in [3.05, 3.63) is 53.2 Å². The molecule has 1 aromatic carbocycles. The van der Waals surface area contributed by atoms with Crippen LogP contribution in [0.1, 0.15) is 5.69 Å². The summed E-state index contributed by atoms with van der Waals surface area (Å²) in [6.45, 7) is 0. The molecule has 0 atom stereocenters. The van der Waals surface area contributed by atoms with Crippen LogP contribution >= 0.6 is 11.6 Å². The minimum atomic E-state index is -1.85. The predicted molar refractivity (Wildman–Crippen MR) is 62.6 cm³/mol. The van der Waals surface area contributed by atoms with Gasteiger partial charge in [0.2, 0.25) is 0 Å². The van der Waals surface area contributed by atoms with Gasteiger partial charge in [0.05, 0.1) is 28.8 Å². The first-order valence-electron chi connectivity index (χ1n) is 4.86. The summed E-state index contributed by atoms with van der Waals surface area (Å²) in [5.74, 6) is -0.462. The van der Waals surface area contributed by atoms with E-state index in [2.05, 4.69) is 9.97 Å². The molecular weight excluding hydrogens is 265 g/mol. The summed E-state index contributed by atoms with van der Waals surface area (Å²) >= 11 is 5.85. The standard InChI is InChI=1S/C12H6ClF3N2/c13-10-3-7(14)1-2-9(10)11-6-17-8(5-18-11)4-12(15)16/h1-6H. The minimum absolute atomic E-state index is 0.0389. The highest BCUT2D eigenvalue weighted by molar-refractivity contribution is 6.33. The van der Waals surface area contributed by atoms with Crippen molar-refractivity contribution < 1.29 is 13.2 Å². The Kier molecular flexibility index (Phi) is 3.62. The van der Waals surface area contributed by atoms with Crippen molar-refractivity contribution in [2.45, 2.75) is 0 Å². The molecule has 0 aliphatic rings. The Labute approximate surface area is 106 Å². The molecule has 1 aromatic heterocycles. The molecule has 0 radical (unpaired) electrons. The average molecular weight is 271 g/mol. The summed E-state index contributed by atoms with van der Waals surface area (Å²) in [5, 5.41) is 0.185. The van der Waals surface area contributed by atoms with Crippen molar-refractivity contribution in [2.75, 3.05) is 0 Å². The summed E-state index contributed by atoms with van der Waals surface area (Å²) in [6.07, 6.45) is 1.24. The molecule has 2 nitrogen and oxygen atoms in total. The highest BCUT2D eigenvalue weighted by Gasteiger charge is 2.06. The lowest BCUT2D eigenvalue weighted by Crippen LogP contribution is -1.89. The Morgan fingerprint density at radius 1 is 1.17 bits per heavy atom. The summed E-state index contributed by atoms with van der Waals surface area (Å²) in [5.41, 5.74) is 0.912. The van der Waals surface area contributed by atoms with Crippen molar-refractivity contribution in [2.24, 2.45) is 0 Å². The molecule has 0 saturated carbocycles. The largest absolute Gasteiger partial charge is 0.272 e. The highest BCUT2D eigenvalue weighted by atomic mass is 35.5. The number of benzene rings is 1. The molecule has 0 aliphatic heterocycles. The zero-order chi connectivity index (χ0) is 13.1. The third-order valence-electron chi connectivity index (χ3n) is 2.14. The van der Waals surface area contributed by atoms with Crippen LogP contribution in [0.3, 0.4) is 0 Å². The fourth-order valence-electron chi connectivity index (χ4n) is 1.36. The Bertz CT molecular complexity index is 593. The van der Waals surface area contributed by atoms with E-state index in [9.17, 15) is 13.2 Å². The second kappa shape index (κ2) is 5.18. The summed E-state index contributed by atoms with van der Waals surface area (Å²) in [4.78, 5) is 7.73. The van der Waals surface area contributed by atoms with E-state index < -0.39 is 11.9 Å². The van der Waals surface area contributed by atoms with Crippen molar-refractivity contribution in [3.63, 3.8) is 0 Å². The third-order valence-corrected chi connectivity index (χ3v) is 2.45. The van der Waals surface area contributed by atoms with E-state index in [0.29, 0.717) is 17.3 Å². The van der Waals surface area contributed by atoms with Gasteiger partial charge in [-0.2, -0.15) is 8.78 Å². The van der Waals surface area contributed by atoms with E-state index in [1.54, 1.807) is 0 Å². The number of hydrogen-bond donors (Lipinski definition) is 0. The fraction of sp³-hybridized carbons (Fsp3) is 0. The van der Waals surface area contributed by atoms with Crippen LogP contribution in [0.2, 0.25) is 5.02 Å². The van der Waals surface area contributed by atoms with E-state index in [4.69, 9.17) is 11.6 Å². The number of hydrogen-bond acceptors (Lipinski definition) is 2. The van der Waals surface area contributed by atoms with Gasteiger partial charge in [-0.3, -0.25) is 9.97 Å². The van der Waals surface area contributed by atoms with Gasteiger partial charge in [-0.15, -0.1) is 0 Å². The van der Waals surface area contributed by atoms with Gasteiger partial charge in [-0.25, -0.2) is 4.39 Å². The predicted octanol–water partition coefficient (Wildman–Crippen LogP) is 4.17. The molecule has 0 spiro atoms. The van der Waals surface area contributed by atoms with E-state index in [-0.39, 0.29) is 10.7 Å². The van der Waals surface area contributed by atoms with Gasteiger partial charge >= 0.3 is 0 Å². The maximum Gasteiger partial charge on any atom is 0.272 e. The molecule has 2 rings (SSSR count). The third kappa shape index (κ3) is 2.87. The SMILES string of the molecule is FC(F)=Cc1cnc(-c2ccc(F)cc2Cl)cn1. The van der Waals surface area contributed by atoms with Gasteiger partial charge in [0.25, 0.3) is 6.08 Å². The van der Waals surface area contributed by atoms with Gasteiger partial charge in [-0.05, 0) is 18.2 Å². The van der Waals surface area contributed by atoms with Gasteiger partial charge in [0.15, 0.2) is 0 Å². The summed E-state index contributed by atoms with van der Waals surface area (Å²) < 4.78 is 36.8. The number of aromatic nitrogens is 2. The fourth-order valence-corrected chi connectivity index (χ4v) is 1.62. The van der Waals surface area contributed by atoms with Gasteiger partial charge in [0, 0.05) is 11.6 Å². The first-order chi connectivity index (χ1) is 8.56. The van der Waals surface area contributed by atoms with Crippen molar-refractivity contribution in [1.29, 1.82) is 0 Å². The molecule has 92 valence electrons. The Morgan fingerprint density at radius 3 is 2.50 bits per heavy atom. The summed E-state index contributed by atoms with van der Waals surface area (Å²) in [6, 6.07) is 3.83. The van der Waals surface area contributed by atoms with Crippen molar-refractivity contribution in [3.8, 4) is 11.3 Å². The maximum atomic E-state index is 12.9. The zero-order valence-electron chi connectivity index (χ0n) is 8.87. The van der Waals surface area contributed by atoms with E-state index in [0.717, 1.165) is 6.07 Å². The van der Waals surface area contributed by atoms with Crippen LogP contribution in [0.4, 0.5) is 13.2 Å². The molecule has 6 heteroatoms. The normalized spacial score (nSPS) is 10.2. The molecule has 18 heavy (non-hydrogen) atoms. The minimum Gasteiger partial charge on any atom is -0.253 e. The second-order valence-electron chi connectivity index (χ2n) is 3.38. The van der Waals surface area contributed by atoms with Gasteiger partial charge in [0.1, 0.15) is 5.82 Å². The molecule has 0 aliphatic carbocycles. The molecule has 0 fully saturated rings. The van der Waals surface area contributed by atoms with Gasteiger partial charge < -0.3 is 0 Å². The summed E-state index contributed by atoms with van der Waals surface area (Å²) in [7, 11) is 0. The van der Waals surface area contributed by atoms with E-state index >= 15 is 0 Å². The molecule has 0 N–H and O–H groups in total. The van der Waals surface area contributed by atoms with Crippen LogP contribution in [0, 0.1) is 5.82 Å². The number of nitrogens with zero attached hydrogens (tertiary/aromatic N) is 2.